The van der Waals surface area contributed by atoms with Crippen LogP contribution in [0.1, 0.15) is 43.6 Å². The normalized spacial score (nSPS) is 14.2. The van der Waals surface area contributed by atoms with Gasteiger partial charge in [0.2, 0.25) is 0 Å². The number of aromatic nitrogens is 4. The molecule has 6 heteroatoms. The minimum Gasteiger partial charge on any atom is -0.370 e. The van der Waals surface area contributed by atoms with Gasteiger partial charge in [0.1, 0.15) is 17.5 Å². The minimum atomic E-state index is 0.547. The molecule has 1 aliphatic carbocycles. The number of nitrogens with zero attached hydrogens (tertiary/aromatic N) is 4. The summed E-state index contributed by atoms with van der Waals surface area (Å²) in [6.45, 7) is 3.80. The summed E-state index contributed by atoms with van der Waals surface area (Å²) in [7, 11) is 1.95. The van der Waals surface area contributed by atoms with Crippen molar-refractivity contribution in [3.05, 3.63) is 29.8 Å². The molecule has 1 saturated carbocycles. The molecule has 2 N–H and O–H groups in total. The smallest absolute Gasteiger partial charge is 0.136 e. The summed E-state index contributed by atoms with van der Waals surface area (Å²) in [5, 5.41) is 10.9. The monoisotopic (exact) mass is 286 g/mol. The molecule has 0 bridgehead atoms. The highest BCUT2D eigenvalue weighted by Crippen LogP contribution is 2.38. The minimum absolute atomic E-state index is 0.547. The van der Waals surface area contributed by atoms with Crippen LogP contribution in [-0.4, -0.2) is 26.3 Å². The lowest BCUT2D eigenvalue weighted by Crippen LogP contribution is -2.10. The summed E-state index contributed by atoms with van der Waals surface area (Å²) in [6.07, 6.45) is 5.30. The largest absolute Gasteiger partial charge is 0.370 e. The maximum absolute atomic E-state index is 4.64. The summed E-state index contributed by atoms with van der Waals surface area (Å²) in [5.41, 5.74) is 1.13. The van der Waals surface area contributed by atoms with Gasteiger partial charge in [-0.05, 0) is 25.3 Å². The van der Waals surface area contributed by atoms with Crippen molar-refractivity contribution in [2.75, 3.05) is 17.2 Å². The lowest BCUT2D eigenvalue weighted by Gasteiger charge is -2.11. The van der Waals surface area contributed by atoms with Crippen molar-refractivity contribution in [2.24, 2.45) is 7.05 Å². The molecule has 0 spiro atoms. The van der Waals surface area contributed by atoms with Crippen molar-refractivity contribution in [3.8, 4) is 0 Å². The number of hydrogen-bond acceptors (Lipinski definition) is 5. The molecule has 112 valence electrons. The van der Waals surface area contributed by atoms with Gasteiger partial charge in [-0.25, -0.2) is 9.97 Å². The Morgan fingerprint density at radius 2 is 2.00 bits per heavy atom. The second-order valence-electron chi connectivity index (χ2n) is 5.50. The highest BCUT2D eigenvalue weighted by atomic mass is 15.3. The lowest BCUT2D eigenvalue weighted by atomic mass is 10.3. The second kappa shape index (κ2) is 6.11. The third-order valence-electron chi connectivity index (χ3n) is 3.62. The van der Waals surface area contributed by atoms with Crippen molar-refractivity contribution in [1.82, 2.24) is 19.7 Å². The molecule has 0 saturated heterocycles. The molecule has 2 heterocycles. The van der Waals surface area contributed by atoms with Crippen LogP contribution in [0, 0.1) is 0 Å². The van der Waals surface area contributed by atoms with Crippen molar-refractivity contribution >= 4 is 11.6 Å². The summed E-state index contributed by atoms with van der Waals surface area (Å²) < 4.78 is 1.87. The van der Waals surface area contributed by atoms with Gasteiger partial charge in [0.15, 0.2) is 0 Å². The Balaban J connectivity index is 1.73. The molecule has 21 heavy (non-hydrogen) atoms. The number of anilines is 2. The van der Waals surface area contributed by atoms with Crippen LogP contribution in [0.2, 0.25) is 0 Å². The zero-order valence-corrected chi connectivity index (χ0v) is 12.6. The van der Waals surface area contributed by atoms with E-state index in [1.807, 2.05) is 23.9 Å². The first-order valence-corrected chi connectivity index (χ1v) is 7.60. The van der Waals surface area contributed by atoms with Crippen molar-refractivity contribution < 1.29 is 0 Å². The zero-order valence-electron chi connectivity index (χ0n) is 12.6. The standard InChI is InChI=1S/C15H22N6/c1-3-7-16-13-9-14(20-15(19-13)11-4-5-11)17-10-12-6-8-18-21(12)2/h6,8-9,11H,3-5,7,10H2,1-2H3,(H2,16,17,19,20). The fraction of sp³-hybridized carbons (Fsp3) is 0.533. The Kier molecular flexibility index (Phi) is 4.03. The van der Waals surface area contributed by atoms with Gasteiger partial charge in [-0.1, -0.05) is 6.92 Å². The molecule has 1 aliphatic rings. The summed E-state index contributed by atoms with van der Waals surface area (Å²) in [4.78, 5) is 9.26. The van der Waals surface area contributed by atoms with Gasteiger partial charge in [-0.15, -0.1) is 0 Å². The second-order valence-corrected chi connectivity index (χ2v) is 5.50. The molecule has 0 aromatic carbocycles. The van der Waals surface area contributed by atoms with Crippen molar-refractivity contribution in [3.63, 3.8) is 0 Å². The maximum Gasteiger partial charge on any atom is 0.136 e. The van der Waals surface area contributed by atoms with E-state index in [1.165, 1.54) is 12.8 Å². The number of aryl methyl sites for hydroxylation is 1. The Bertz CT molecular complexity index is 602. The van der Waals surface area contributed by atoms with E-state index < -0.39 is 0 Å². The number of hydrogen-bond donors (Lipinski definition) is 2. The Morgan fingerprint density at radius 3 is 2.62 bits per heavy atom. The van der Waals surface area contributed by atoms with E-state index in [0.717, 1.165) is 36.1 Å². The Morgan fingerprint density at radius 1 is 1.24 bits per heavy atom. The van der Waals surface area contributed by atoms with Gasteiger partial charge in [0.25, 0.3) is 0 Å². The SMILES string of the molecule is CCCNc1cc(NCc2ccnn2C)nc(C2CC2)n1. The first-order valence-electron chi connectivity index (χ1n) is 7.60. The molecule has 0 amide bonds. The predicted molar refractivity (Wildman–Crippen MR) is 83.3 cm³/mol. The van der Waals surface area contributed by atoms with E-state index in [0.29, 0.717) is 12.5 Å². The van der Waals surface area contributed by atoms with Crippen LogP contribution in [0.15, 0.2) is 18.3 Å². The van der Waals surface area contributed by atoms with E-state index in [9.17, 15) is 0 Å². The molecular formula is C15H22N6. The summed E-state index contributed by atoms with van der Waals surface area (Å²) >= 11 is 0. The van der Waals surface area contributed by atoms with E-state index in [4.69, 9.17) is 0 Å². The van der Waals surface area contributed by atoms with Crippen LogP contribution in [0.3, 0.4) is 0 Å². The highest BCUT2D eigenvalue weighted by Gasteiger charge is 2.27. The highest BCUT2D eigenvalue weighted by molar-refractivity contribution is 5.48. The van der Waals surface area contributed by atoms with Crippen LogP contribution < -0.4 is 10.6 Å². The number of rotatable bonds is 7. The maximum atomic E-state index is 4.64. The summed E-state index contributed by atoms with van der Waals surface area (Å²) in [6, 6.07) is 3.99. The molecule has 0 aliphatic heterocycles. The van der Waals surface area contributed by atoms with Crippen LogP contribution in [-0.2, 0) is 13.6 Å². The summed E-state index contributed by atoms with van der Waals surface area (Å²) in [5.74, 6) is 3.31. The molecular weight excluding hydrogens is 264 g/mol. The molecule has 0 atom stereocenters. The average molecular weight is 286 g/mol. The van der Waals surface area contributed by atoms with Gasteiger partial charge in [0, 0.05) is 31.8 Å². The van der Waals surface area contributed by atoms with Crippen molar-refractivity contribution in [2.45, 2.75) is 38.6 Å². The van der Waals surface area contributed by atoms with E-state index in [1.54, 1.807) is 6.20 Å². The zero-order chi connectivity index (χ0) is 14.7. The van der Waals surface area contributed by atoms with Crippen LogP contribution in [0.5, 0.6) is 0 Å². The van der Waals surface area contributed by atoms with E-state index >= 15 is 0 Å². The average Bonchev–Trinajstić information content (AvgIpc) is 3.26. The molecule has 0 unspecified atom stereocenters. The van der Waals surface area contributed by atoms with Gasteiger partial charge in [0.05, 0.1) is 12.2 Å². The van der Waals surface area contributed by atoms with Gasteiger partial charge in [-0.2, -0.15) is 5.10 Å². The van der Waals surface area contributed by atoms with Crippen LogP contribution in [0.4, 0.5) is 11.6 Å². The van der Waals surface area contributed by atoms with Gasteiger partial charge in [-0.3, -0.25) is 4.68 Å². The Labute approximate surface area is 125 Å². The van der Waals surface area contributed by atoms with Crippen LogP contribution >= 0.6 is 0 Å². The lowest BCUT2D eigenvalue weighted by molar-refractivity contribution is 0.719. The first-order chi connectivity index (χ1) is 10.3. The topological polar surface area (TPSA) is 67.7 Å². The third kappa shape index (κ3) is 3.51. The third-order valence-corrected chi connectivity index (χ3v) is 3.62. The molecule has 2 aromatic rings. The van der Waals surface area contributed by atoms with E-state index in [2.05, 4.69) is 32.6 Å². The Hall–Kier alpha value is -2.11. The van der Waals surface area contributed by atoms with Crippen molar-refractivity contribution in [1.29, 1.82) is 0 Å². The molecule has 3 rings (SSSR count). The molecule has 1 fully saturated rings. The van der Waals surface area contributed by atoms with Gasteiger partial charge >= 0.3 is 0 Å². The molecule has 0 radical (unpaired) electrons. The van der Waals surface area contributed by atoms with Gasteiger partial charge < -0.3 is 10.6 Å². The fourth-order valence-electron chi connectivity index (χ4n) is 2.18. The quantitative estimate of drug-likeness (QED) is 0.818. The molecule has 6 nitrogen and oxygen atoms in total. The molecule has 2 aromatic heterocycles. The number of nitrogens with one attached hydrogen (secondary N) is 2. The van der Waals surface area contributed by atoms with E-state index in [-0.39, 0.29) is 0 Å². The predicted octanol–water partition coefficient (Wildman–Crippen LogP) is 2.52. The first kappa shape index (κ1) is 13.9. The fourth-order valence-corrected chi connectivity index (χ4v) is 2.18. The van der Waals surface area contributed by atoms with Crippen LogP contribution in [0.25, 0.3) is 0 Å².